The van der Waals surface area contributed by atoms with Crippen LogP contribution in [0.1, 0.15) is 0 Å². The minimum absolute atomic E-state index is 0.882. The minimum atomic E-state index is 0.882. The van der Waals surface area contributed by atoms with Crippen molar-refractivity contribution in [2.75, 3.05) is 10.6 Å². The second-order valence-electron chi connectivity index (χ2n) is 11.2. The normalized spacial score (nSPS) is 11.1. The lowest BCUT2D eigenvalue weighted by Gasteiger charge is -2.16. The second kappa shape index (κ2) is 11.6. The fourth-order valence-corrected chi connectivity index (χ4v) is 6.09. The number of anilines is 4. The van der Waals surface area contributed by atoms with Crippen molar-refractivity contribution in [1.82, 2.24) is 0 Å². The minimum Gasteiger partial charge on any atom is -0.456 e. The third kappa shape index (κ3) is 5.44. The highest BCUT2D eigenvalue weighted by Gasteiger charge is 2.14. The Morgan fingerprint density at radius 1 is 0.333 bits per heavy atom. The summed E-state index contributed by atoms with van der Waals surface area (Å²) in [4.78, 5) is 0. The molecule has 0 aliphatic rings. The van der Waals surface area contributed by atoms with E-state index in [9.17, 15) is 0 Å². The van der Waals surface area contributed by atoms with Crippen molar-refractivity contribution >= 4 is 44.7 Å². The van der Waals surface area contributed by atoms with Crippen LogP contribution >= 0.6 is 0 Å². The molecule has 0 radical (unpaired) electrons. The average molecular weight is 579 g/mol. The van der Waals surface area contributed by atoms with Crippen LogP contribution in [0.15, 0.2) is 174 Å². The lowest BCUT2D eigenvalue weighted by molar-refractivity contribution is 0.669. The fraction of sp³-hybridized carbons (Fsp3) is 0. The first-order valence-corrected chi connectivity index (χ1v) is 15.2. The van der Waals surface area contributed by atoms with Crippen molar-refractivity contribution in [3.8, 4) is 33.4 Å². The van der Waals surface area contributed by atoms with Gasteiger partial charge in [-0.2, -0.15) is 0 Å². The smallest absolute Gasteiger partial charge is 0.136 e. The third-order valence-corrected chi connectivity index (χ3v) is 8.14. The first-order chi connectivity index (χ1) is 22.3. The van der Waals surface area contributed by atoms with Gasteiger partial charge >= 0.3 is 0 Å². The SMILES string of the molecule is c1ccc(Nc2cc(Nc3cc(-c4ccccc4)cc(-c4ccccc4)c3)cc(-c3cccc4oc5ccccc5c34)c2)cc1. The lowest BCUT2D eigenvalue weighted by Crippen LogP contribution is -1.96. The van der Waals surface area contributed by atoms with E-state index in [1.54, 1.807) is 0 Å². The number of fused-ring (bicyclic) bond motifs is 3. The Balaban J connectivity index is 1.28. The molecule has 3 nitrogen and oxygen atoms in total. The van der Waals surface area contributed by atoms with E-state index in [0.29, 0.717) is 0 Å². The van der Waals surface area contributed by atoms with Gasteiger partial charge in [0.2, 0.25) is 0 Å². The molecule has 8 rings (SSSR count). The van der Waals surface area contributed by atoms with Crippen LogP contribution in [0.4, 0.5) is 22.7 Å². The van der Waals surface area contributed by atoms with E-state index >= 15 is 0 Å². The topological polar surface area (TPSA) is 37.2 Å². The van der Waals surface area contributed by atoms with Crippen molar-refractivity contribution in [3.63, 3.8) is 0 Å². The van der Waals surface area contributed by atoms with E-state index in [-0.39, 0.29) is 0 Å². The van der Waals surface area contributed by atoms with Crippen LogP contribution in [-0.2, 0) is 0 Å². The fourth-order valence-electron chi connectivity index (χ4n) is 6.09. The molecule has 2 N–H and O–H groups in total. The molecule has 0 bridgehead atoms. The molecule has 0 fully saturated rings. The van der Waals surface area contributed by atoms with E-state index in [2.05, 4.69) is 144 Å². The van der Waals surface area contributed by atoms with Gasteiger partial charge in [0.25, 0.3) is 0 Å². The molecule has 7 aromatic carbocycles. The molecule has 3 heteroatoms. The largest absolute Gasteiger partial charge is 0.456 e. The molecular weight excluding hydrogens is 548 g/mol. The molecule has 1 aromatic heterocycles. The van der Waals surface area contributed by atoms with Gasteiger partial charge in [-0.1, -0.05) is 109 Å². The van der Waals surface area contributed by atoms with E-state index in [1.807, 2.05) is 36.4 Å². The average Bonchev–Trinajstić information content (AvgIpc) is 3.48. The highest BCUT2D eigenvalue weighted by molar-refractivity contribution is 6.12. The number of nitrogens with one attached hydrogen (secondary N) is 2. The van der Waals surface area contributed by atoms with Gasteiger partial charge in [-0.15, -0.1) is 0 Å². The van der Waals surface area contributed by atoms with Crippen LogP contribution in [0.25, 0.3) is 55.3 Å². The predicted molar refractivity (Wildman–Crippen MR) is 189 cm³/mol. The molecule has 0 aliphatic carbocycles. The zero-order chi connectivity index (χ0) is 30.0. The summed E-state index contributed by atoms with van der Waals surface area (Å²) < 4.78 is 6.25. The molecule has 0 amide bonds. The van der Waals surface area contributed by atoms with Crippen molar-refractivity contribution < 1.29 is 4.42 Å². The number of rotatable bonds is 7. The number of furan rings is 1. The number of hydrogen-bond donors (Lipinski definition) is 2. The van der Waals surface area contributed by atoms with E-state index in [4.69, 9.17) is 4.42 Å². The zero-order valence-corrected chi connectivity index (χ0v) is 24.6. The summed E-state index contributed by atoms with van der Waals surface area (Å²) in [6, 6.07) is 59.2. The number of benzene rings is 7. The van der Waals surface area contributed by atoms with Crippen LogP contribution in [0.5, 0.6) is 0 Å². The lowest BCUT2D eigenvalue weighted by atomic mass is 9.97. The summed E-state index contributed by atoms with van der Waals surface area (Å²) in [5.74, 6) is 0. The molecule has 8 aromatic rings. The standard InChI is InChI=1S/C42H30N2O/c1-4-13-29(14-5-1)31-23-32(30-15-6-2-7-16-30)25-35(24-31)44-37-27-33(26-36(28-37)43-34-17-8-3-9-18-34)38-20-12-22-41-42(38)39-19-10-11-21-40(39)45-41/h1-28,43-44H. The molecule has 1 heterocycles. The highest BCUT2D eigenvalue weighted by Crippen LogP contribution is 2.40. The van der Waals surface area contributed by atoms with Gasteiger partial charge in [-0.25, -0.2) is 0 Å². The quantitative estimate of drug-likeness (QED) is 0.197. The van der Waals surface area contributed by atoms with E-state index in [0.717, 1.165) is 66.9 Å². The van der Waals surface area contributed by atoms with Gasteiger partial charge in [0.1, 0.15) is 11.2 Å². The summed E-state index contributed by atoms with van der Waals surface area (Å²) in [6.45, 7) is 0. The van der Waals surface area contributed by atoms with Crippen molar-refractivity contribution in [2.24, 2.45) is 0 Å². The Morgan fingerprint density at radius 3 is 1.51 bits per heavy atom. The van der Waals surface area contributed by atoms with Gasteiger partial charge in [-0.3, -0.25) is 0 Å². The van der Waals surface area contributed by atoms with E-state index in [1.165, 1.54) is 11.1 Å². The van der Waals surface area contributed by atoms with Gasteiger partial charge in [0.15, 0.2) is 0 Å². The summed E-state index contributed by atoms with van der Waals surface area (Å²) in [6.07, 6.45) is 0. The Bertz CT molecular complexity index is 2200. The number of hydrogen-bond acceptors (Lipinski definition) is 3. The third-order valence-electron chi connectivity index (χ3n) is 8.14. The van der Waals surface area contributed by atoms with Crippen LogP contribution in [-0.4, -0.2) is 0 Å². The van der Waals surface area contributed by atoms with Gasteiger partial charge in [0.05, 0.1) is 0 Å². The molecule has 0 saturated heterocycles. The van der Waals surface area contributed by atoms with Crippen LogP contribution < -0.4 is 10.6 Å². The van der Waals surface area contributed by atoms with Crippen molar-refractivity contribution in [1.29, 1.82) is 0 Å². The molecule has 214 valence electrons. The molecular formula is C42H30N2O. The summed E-state index contributed by atoms with van der Waals surface area (Å²) in [5, 5.41) is 9.64. The number of para-hydroxylation sites is 2. The molecule has 0 aliphatic heterocycles. The highest BCUT2D eigenvalue weighted by atomic mass is 16.3. The monoisotopic (exact) mass is 578 g/mol. The van der Waals surface area contributed by atoms with E-state index < -0.39 is 0 Å². The zero-order valence-electron chi connectivity index (χ0n) is 24.6. The maximum absolute atomic E-state index is 6.25. The molecule has 0 unspecified atom stereocenters. The first kappa shape index (κ1) is 26.6. The van der Waals surface area contributed by atoms with Crippen LogP contribution in [0, 0.1) is 0 Å². The Kier molecular flexibility index (Phi) is 6.82. The Labute approximate surface area is 262 Å². The van der Waals surface area contributed by atoms with Crippen molar-refractivity contribution in [2.45, 2.75) is 0 Å². The second-order valence-corrected chi connectivity index (χ2v) is 11.2. The summed E-state index contributed by atoms with van der Waals surface area (Å²) in [5.41, 5.74) is 12.7. The summed E-state index contributed by atoms with van der Waals surface area (Å²) >= 11 is 0. The van der Waals surface area contributed by atoms with Crippen LogP contribution in [0.2, 0.25) is 0 Å². The Morgan fingerprint density at radius 2 is 0.844 bits per heavy atom. The Hall–Kier alpha value is -6.06. The predicted octanol–water partition coefficient (Wildman–Crippen LogP) is 12.1. The molecule has 0 spiro atoms. The maximum Gasteiger partial charge on any atom is 0.136 e. The molecule has 0 saturated carbocycles. The molecule has 0 atom stereocenters. The first-order valence-electron chi connectivity index (χ1n) is 15.2. The van der Waals surface area contributed by atoms with Crippen LogP contribution in [0.3, 0.4) is 0 Å². The van der Waals surface area contributed by atoms with Gasteiger partial charge in [0, 0.05) is 33.5 Å². The summed E-state index contributed by atoms with van der Waals surface area (Å²) in [7, 11) is 0. The van der Waals surface area contributed by atoms with Gasteiger partial charge < -0.3 is 15.1 Å². The van der Waals surface area contributed by atoms with Crippen molar-refractivity contribution in [3.05, 3.63) is 170 Å². The van der Waals surface area contributed by atoms with Gasteiger partial charge in [-0.05, 0) is 94.0 Å². The maximum atomic E-state index is 6.25. The molecule has 45 heavy (non-hydrogen) atoms.